The third-order valence-electron chi connectivity index (χ3n) is 4.87. The highest BCUT2D eigenvalue weighted by atomic mass is 16.5. The fraction of sp³-hybridized carbons (Fsp3) is 0.435. The van der Waals surface area contributed by atoms with Gasteiger partial charge in [0, 0.05) is 50.1 Å². The van der Waals surface area contributed by atoms with Crippen molar-refractivity contribution in [2.75, 3.05) is 26.2 Å². The molecule has 2 heterocycles. The van der Waals surface area contributed by atoms with Crippen LogP contribution in [0.3, 0.4) is 0 Å². The van der Waals surface area contributed by atoms with E-state index in [4.69, 9.17) is 4.74 Å². The molecule has 1 unspecified atom stereocenters. The number of nitrogens with zero attached hydrogens (tertiary/aromatic N) is 2. The molecule has 0 bridgehead atoms. The van der Waals surface area contributed by atoms with Gasteiger partial charge in [-0.3, -0.25) is 9.78 Å². The average molecular weight is 410 g/mol. The van der Waals surface area contributed by atoms with Crippen molar-refractivity contribution in [1.82, 2.24) is 20.9 Å². The third-order valence-corrected chi connectivity index (χ3v) is 4.87. The molecular formula is C23H31N5O2. The van der Waals surface area contributed by atoms with Crippen LogP contribution in [0.1, 0.15) is 41.4 Å². The zero-order valence-corrected chi connectivity index (χ0v) is 17.6. The van der Waals surface area contributed by atoms with Crippen LogP contribution in [0.15, 0.2) is 53.7 Å². The van der Waals surface area contributed by atoms with E-state index in [0.29, 0.717) is 18.7 Å². The second-order valence-electron chi connectivity index (χ2n) is 7.24. The molecule has 0 radical (unpaired) electrons. The average Bonchev–Trinajstić information content (AvgIpc) is 3.30. The zero-order chi connectivity index (χ0) is 21.0. The van der Waals surface area contributed by atoms with Gasteiger partial charge in [-0.2, -0.15) is 0 Å². The summed E-state index contributed by atoms with van der Waals surface area (Å²) in [6, 6.07) is 13.5. The summed E-state index contributed by atoms with van der Waals surface area (Å²) in [6.07, 6.45) is 4.85. The lowest BCUT2D eigenvalue weighted by Crippen LogP contribution is -2.38. The van der Waals surface area contributed by atoms with Gasteiger partial charge in [0.25, 0.3) is 5.91 Å². The lowest BCUT2D eigenvalue weighted by atomic mass is 10.1. The molecule has 30 heavy (non-hydrogen) atoms. The largest absolute Gasteiger partial charge is 0.376 e. The Morgan fingerprint density at radius 1 is 1.20 bits per heavy atom. The maximum absolute atomic E-state index is 12.4. The van der Waals surface area contributed by atoms with Crippen LogP contribution in [0.25, 0.3) is 0 Å². The second-order valence-corrected chi connectivity index (χ2v) is 7.24. The minimum atomic E-state index is -0.0725. The number of nitrogens with one attached hydrogen (secondary N) is 3. The first-order chi connectivity index (χ1) is 14.7. The number of rotatable bonds is 9. The highest BCUT2D eigenvalue weighted by Gasteiger charge is 2.16. The van der Waals surface area contributed by atoms with Crippen molar-refractivity contribution in [1.29, 1.82) is 0 Å². The van der Waals surface area contributed by atoms with Crippen molar-refractivity contribution in [2.45, 2.75) is 38.8 Å². The Hall–Kier alpha value is -2.93. The van der Waals surface area contributed by atoms with Gasteiger partial charge in [0.2, 0.25) is 0 Å². The van der Waals surface area contributed by atoms with E-state index >= 15 is 0 Å². The first kappa shape index (κ1) is 21.8. The Morgan fingerprint density at radius 2 is 2.13 bits per heavy atom. The van der Waals surface area contributed by atoms with Crippen molar-refractivity contribution in [2.24, 2.45) is 4.99 Å². The number of carbonyl (C=O) groups is 1. The Balaban J connectivity index is 1.51. The molecule has 160 valence electrons. The number of amides is 1. The number of aromatic nitrogens is 1. The molecule has 1 atom stereocenters. The predicted octanol–water partition coefficient (Wildman–Crippen LogP) is 2.29. The molecule has 1 aliphatic rings. The monoisotopic (exact) mass is 409 g/mol. The molecule has 7 heteroatoms. The molecule has 0 aliphatic carbocycles. The van der Waals surface area contributed by atoms with Crippen molar-refractivity contribution in [3.05, 3.63) is 65.5 Å². The Bertz CT molecular complexity index is 819. The van der Waals surface area contributed by atoms with E-state index in [-0.39, 0.29) is 12.0 Å². The molecular weight excluding hydrogens is 378 g/mol. The van der Waals surface area contributed by atoms with E-state index in [9.17, 15) is 4.79 Å². The van der Waals surface area contributed by atoms with Crippen LogP contribution < -0.4 is 16.0 Å². The van der Waals surface area contributed by atoms with Gasteiger partial charge < -0.3 is 20.7 Å². The van der Waals surface area contributed by atoms with E-state index in [1.165, 1.54) is 0 Å². The first-order valence-electron chi connectivity index (χ1n) is 10.7. The maximum Gasteiger partial charge on any atom is 0.251 e. The minimum Gasteiger partial charge on any atom is -0.376 e. The van der Waals surface area contributed by atoms with Crippen LogP contribution in [0.5, 0.6) is 0 Å². The summed E-state index contributed by atoms with van der Waals surface area (Å²) in [4.78, 5) is 21.4. The Labute approximate surface area is 178 Å². The summed E-state index contributed by atoms with van der Waals surface area (Å²) in [5.41, 5.74) is 2.68. The smallest absolute Gasteiger partial charge is 0.251 e. The van der Waals surface area contributed by atoms with Gasteiger partial charge in [0.1, 0.15) is 0 Å². The maximum atomic E-state index is 12.4. The van der Waals surface area contributed by atoms with E-state index in [1.54, 1.807) is 6.20 Å². The molecule has 1 amide bonds. The predicted molar refractivity (Wildman–Crippen MR) is 119 cm³/mol. The fourth-order valence-corrected chi connectivity index (χ4v) is 3.29. The molecule has 1 aromatic carbocycles. The molecule has 7 nitrogen and oxygen atoms in total. The number of benzene rings is 1. The number of ether oxygens (including phenoxy) is 1. The van der Waals surface area contributed by atoms with Gasteiger partial charge in [0.15, 0.2) is 5.96 Å². The number of guanidine groups is 1. The molecule has 0 saturated carbocycles. The molecule has 0 spiro atoms. The van der Waals surface area contributed by atoms with Crippen LogP contribution in [0.2, 0.25) is 0 Å². The number of carbonyl (C=O) groups excluding carboxylic acids is 1. The summed E-state index contributed by atoms with van der Waals surface area (Å²) in [7, 11) is 0. The van der Waals surface area contributed by atoms with Crippen molar-refractivity contribution in [3.63, 3.8) is 0 Å². The lowest BCUT2D eigenvalue weighted by Gasteiger charge is -2.12. The van der Waals surface area contributed by atoms with Crippen molar-refractivity contribution < 1.29 is 9.53 Å². The molecule has 3 rings (SSSR count). The second kappa shape index (κ2) is 11.9. The molecule has 1 aliphatic heterocycles. The van der Waals surface area contributed by atoms with Crippen LogP contribution in [0, 0.1) is 0 Å². The quantitative estimate of drug-likeness (QED) is 0.437. The Kier molecular flexibility index (Phi) is 8.65. The van der Waals surface area contributed by atoms with Gasteiger partial charge in [-0.1, -0.05) is 18.2 Å². The van der Waals surface area contributed by atoms with E-state index in [1.807, 2.05) is 49.4 Å². The van der Waals surface area contributed by atoms with Crippen LogP contribution in [-0.2, 0) is 17.7 Å². The number of hydrogen-bond acceptors (Lipinski definition) is 4. The van der Waals surface area contributed by atoms with Gasteiger partial charge in [0.05, 0.1) is 12.6 Å². The van der Waals surface area contributed by atoms with Crippen molar-refractivity contribution >= 4 is 11.9 Å². The van der Waals surface area contributed by atoms with Crippen LogP contribution >= 0.6 is 0 Å². The first-order valence-corrected chi connectivity index (χ1v) is 10.7. The summed E-state index contributed by atoms with van der Waals surface area (Å²) in [5, 5.41) is 9.55. The standard InChI is InChI=1S/C23H31N5O2/c1-2-24-23(26-13-11-20-9-3-4-12-25-20)28-16-18-7-5-8-19(15-18)22(29)27-17-21-10-6-14-30-21/h3-5,7-9,12,15,21H,2,6,10-11,13-14,16-17H2,1H3,(H,27,29)(H2,24,26,28). The normalized spacial score (nSPS) is 16.3. The molecule has 1 fully saturated rings. The van der Waals surface area contributed by atoms with Gasteiger partial charge in [-0.25, -0.2) is 4.99 Å². The van der Waals surface area contributed by atoms with Gasteiger partial charge >= 0.3 is 0 Å². The molecule has 1 saturated heterocycles. The number of pyridine rings is 1. The summed E-state index contributed by atoms with van der Waals surface area (Å²) < 4.78 is 5.56. The lowest BCUT2D eigenvalue weighted by molar-refractivity contribution is 0.0857. The SMILES string of the molecule is CCNC(=NCc1cccc(C(=O)NCC2CCCO2)c1)NCCc1ccccn1. The van der Waals surface area contributed by atoms with E-state index < -0.39 is 0 Å². The number of hydrogen-bond donors (Lipinski definition) is 3. The van der Waals surface area contributed by atoms with Crippen LogP contribution in [-0.4, -0.2) is 49.2 Å². The molecule has 3 N–H and O–H groups in total. The van der Waals surface area contributed by atoms with Crippen LogP contribution in [0.4, 0.5) is 0 Å². The highest BCUT2D eigenvalue weighted by Crippen LogP contribution is 2.11. The van der Waals surface area contributed by atoms with Crippen molar-refractivity contribution in [3.8, 4) is 0 Å². The summed E-state index contributed by atoms with van der Waals surface area (Å²) in [6.45, 7) is 5.40. The third kappa shape index (κ3) is 7.15. The fourth-order valence-electron chi connectivity index (χ4n) is 3.29. The Morgan fingerprint density at radius 3 is 2.90 bits per heavy atom. The highest BCUT2D eigenvalue weighted by molar-refractivity contribution is 5.94. The van der Waals surface area contributed by atoms with E-state index in [0.717, 1.165) is 56.2 Å². The minimum absolute atomic E-state index is 0.0725. The topological polar surface area (TPSA) is 87.6 Å². The summed E-state index contributed by atoms with van der Waals surface area (Å²) in [5.74, 6) is 0.679. The van der Waals surface area contributed by atoms with Gasteiger partial charge in [-0.05, 0) is 49.6 Å². The molecule has 1 aromatic heterocycles. The summed E-state index contributed by atoms with van der Waals surface area (Å²) >= 11 is 0. The number of aliphatic imine (C=N–C) groups is 1. The van der Waals surface area contributed by atoms with Gasteiger partial charge in [-0.15, -0.1) is 0 Å². The molecule has 2 aromatic rings. The zero-order valence-electron chi connectivity index (χ0n) is 17.6. The van der Waals surface area contributed by atoms with E-state index in [2.05, 4.69) is 25.9 Å².